The number of nitrogens with zero attached hydrogens (tertiary/aromatic N) is 1. The van der Waals surface area contributed by atoms with E-state index in [-0.39, 0.29) is 51.4 Å². The first-order chi connectivity index (χ1) is 23.4. The van der Waals surface area contributed by atoms with Crippen molar-refractivity contribution in [2.45, 2.75) is 96.5 Å². The number of benzene rings is 1. The van der Waals surface area contributed by atoms with Gasteiger partial charge in [-0.05, 0) is 56.9 Å². The number of hydrogen-bond acceptors (Lipinski definition) is 10. The molecule has 0 radical (unpaired) electrons. The number of allylic oxidation sites excluding steroid dienone is 1. The van der Waals surface area contributed by atoms with E-state index in [4.69, 9.17) is 19.9 Å². The Kier molecular flexibility index (Phi) is 17.3. The van der Waals surface area contributed by atoms with Crippen molar-refractivity contribution in [2.75, 3.05) is 20.3 Å². The van der Waals surface area contributed by atoms with Gasteiger partial charge in [0.05, 0.1) is 13.7 Å². The van der Waals surface area contributed by atoms with Gasteiger partial charge in [-0.1, -0.05) is 50.3 Å². The first-order valence-electron chi connectivity index (χ1n) is 16.4. The first kappa shape index (κ1) is 40.2. The number of primary amides is 1. The predicted molar refractivity (Wildman–Crippen MR) is 177 cm³/mol. The smallest absolute Gasteiger partial charge is 0.408 e. The number of hydrogen-bond donors (Lipinski definition) is 4. The molecule has 5 amide bonds. The van der Waals surface area contributed by atoms with Crippen molar-refractivity contribution in [3.05, 3.63) is 48.0 Å². The van der Waals surface area contributed by atoms with Gasteiger partial charge in [-0.3, -0.25) is 19.2 Å². The van der Waals surface area contributed by atoms with Crippen LogP contribution in [0.25, 0.3) is 0 Å². The summed E-state index contributed by atoms with van der Waals surface area (Å²) in [4.78, 5) is 90.6. The summed E-state index contributed by atoms with van der Waals surface area (Å²) >= 11 is 0. The number of likely N-dealkylation sites (tertiary alicyclic amines) is 1. The molecule has 1 aliphatic heterocycles. The second kappa shape index (κ2) is 21.1. The van der Waals surface area contributed by atoms with Gasteiger partial charge in [0, 0.05) is 19.0 Å². The Morgan fingerprint density at radius 1 is 0.959 bits per heavy atom. The maximum absolute atomic E-state index is 13.9. The van der Waals surface area contributed by atoms with E-state index in [9.17, 15) is 33.6 Å². The fourth-order valence-electron chi connectivity index (χ4n) is 5.22. The maximum atomic E-state index is 13.9. The number of ether oxygens (including phenoxy) is 3. The molecule has 0 bridgehead atoms. The molecular formula is C34H49N5O10. The van der Waals surface area contributed by atoms with E-state index in [0.717, 1.165) is 5.56 Å². The number of methoxy groups -OCH3 is 1. The summed E-state index contributed by atoms with van der Waals surface area (Å²) in [5.74, 6) is -3.75. The minimum absolute atomic E-state index is 0.0123. The molecule has 4 atom stereocenters. The second-order valence-electron chi connectivity index (χ2n) is 12.0. The monoisotopic (exact) mass is 687 g/mol. The molecule has 1 aliphatic rings. The van der Waals surface area contributed by atoms with Crippen LogP contribution in [0, 0.1) is 5.92 Å². The molecule has 1 saturated heterocycles. The summed E-state index contributed by atoms with van der Waals surface area (Å²) in [5, 5.41) is 7.83. The molecule has 15 nitrogen and oxygen atoms in total. The van der Waals surface area contributed by atoms with Crippen molar-refractivity contribution in [2.24, 2.45) is 11.7 Å². The Bertz CT molecular complexity index is 1320. The molecule has 0 saturated carbocycles. The number of nitrogens with one attached hydrogen (secondary N) is 3. The van der Waals surface area contributed by atoms with Crippen LogP contribution in [0.15, 0.2) is 42.5 Å². The van der Waals surface area contributed by atoms with E-state index >= 15 is 0 Å². The summed E-state index contributed by atoms with van der Waals surface area (Å²) < 4.78 is 15.0. The number of esters is 2. The van der Waals surface area contributed by atoms with E-state index in [1.165, 1.54) is 24.2 Å². The van der Waals surface area contributed by atoms with Gasteiger partial charge in [-0.15, -0.1) is 0 Å². The summed E-state index contributed by atoms with van der Waals surface area (Å²) in [5.41, 5.74) is 6.09. The third kappa shape index (κ3) is 14.4. The number of carbonyl (C=O) groups excluding carboxylic acids is 7. The zero-order valence-corrected chi connectivity index (χ0v) is 28.6. The van der Waals surface area contributed by atoms with Crippen molar-refractivity contribution in [1.82, 2.24) is 20.9 Å². The molecule has 2 rings (SSSR count). The quantitative estimate of drug-likeness (QED) is 0.0937. The van der Waals surface area contributed by atoms with Gasteiger partial charge in [0.2, 0.25) is 23.6 Å². The SMILES string of the molecule is CCOC(=O)/C=C/CCC(NC(=O)OCc1ccccc1)C(=O)N[C@@H](CCC(N)=O)C(=O)N1CCCC1C(=O)N[C@@H](CC(C)C)C(=O)OC. The fourth-order valence-corrected chi connectivity index (χ4v) is 5.22. The Morgan fingerprint density at radius 2 is 1.67 bits per heavy atom. The Labute approximate surface area is 286 Å². The molecule has 270 valence electrons. The van der Waals surface area contributed by atoms with E-state index in [1.54, 1.807) is 31.2 Å². The van der Waals surface area contributed by atoms with Gasteiger partial charge >= 0.3 is 18.0 Å². The van der Waals surface area contributed by atoms with E-state index < -0.39 is 65.8 Å². The maximum Gasteiger partial charge on any atom is 0.408 e. The van der Waals surface area contributed by atoms with Gasteiger partial charge in [0.1, 0.15) is 30.8 Å². The van der Waals surface area contributed by atoms with Gasteiger partial charge in [-0.2, -0.15) is 0 Å². The van der Waals surface area contributed by atoms with Crippen LogP contribution in [-0.4, -0.2) is 91.0 Å². The molecule has 1 aromatic carbocycles. The summed E-state index contributed by atoms with van der Waals surface area (Å²) in [6.45, 7) is 5.76. The van der Waals surface area contributed by atoms with E-state index in [1.807, 2.05) is 19.9 Å². The number of amides is 5. The average molecular weight is 688 g/mol. The molecule has 1 fully saturated rings. The highest BCUT2D eigenvalue weighted by Crippen LogP contribution is 2.21. The summed E-state index contributed by atoms with van der Waals surface area (Å²) in [6, 6.07) is 4.56. The summed E-state index contributed by atoms with van der Waals surface area (Å²) in [7, 11) is 1.22. The average Bonchev–Trinajstić information content (AvgIpc) is 3.56. The number of carbonyl (C=O) groups is 7. The lowest BCUT2D eigenvalue weighted by Crippen LogP contribution is -2.57. The van der Waals surface area contributed by atoms with Gasteiger partial charge < -0.3 is 40.8 Å². The van der Waals surface area contributed by atoms with Crippen LogP contribution < -0.4 is 21.7 Å². The van der Waals surface area contributed by atoms with Crippen molar-refractivity contribution in [3.8, 4) is 0 Å². The molecule has 0 aliphatic carbocycles. The zero-order chi connectivity index (χ0) is 36.3. The molecule has 15 heteroatoms. The molecular weight excluding hydrogens is 638 g/mol. The Hall–Kier alpha value is -4.95. The highest BCUT2D eigenvalue weighted by molar-refractivity contribution is 5.95. The lowest BCUT2D eigenvalue weighted by Gasteiger charge is -2.30. The standard InChI is InChI=1S/C34H49N5O10/c1-5-48-29(41)16-10-9-14-24(38-34(46)49-21-23-12-7-6-8-13-23)30(42)36-25(17-18-28(35)40)32(44)39-19-11-15-27(39)31(43)37-26(20-22(2)3)33(45)47-4/h6-8,10,12-13,16,22,24-27H,5,9,11,14-15,17-21H2,1-4H3,(H2,35,40)(H,36,42)(H,37,43)(H,38,46)/b16-10+/t24?,25-,26-,27?/m0/s1. The number of nitrogens with two attached hydrogens (primary N) is 1. The van der Waals surface area contributed by atoms with Crippen LogP contribution in [0.4, 0.5) is 4.79 Å². The normalized spacial score (nSPS) is 15.9. The molecule has 2 unspecified atom stereocenters. The van der Waals surface area contributed by atoms with Crippen molar-refractivity contribution in [3.63, 3.8) is 0 Å². The first-order valence-corrected chi connectivity index (χ1v) is 16.4. The molecule has 49 heavy (non-hydrogen) atoms. The third-order valence-electron chi connectivity index (χ3n) is 7.63. The minimum atomic E-state index is -1.28. The third-order valence-corrected chi connectivity index (χ3v) is 7.63. The predicted octanol–water partition coefficient (Wildman–Crippen LogP) is 1.63. The largest absolute Gasteiger partial charge is 0.467 e. The van der Waals surface area contributed by atoms with Crippen molar-refractivity contribution < 1.29 is 47.8 Å². The molecule has 5 N–H and O–H groups in total. The second-order valence-corrected chi connectivity index (χ2v) is 12.0. The van der Waals surface area contributed by atoms with Crippen LogP contribution in [0.2, 0.25) is 0 Å². The Balaban J connectivity index is 2.23. The van der Waals surface area contributed by atoms with Crippen LogP contribution in [0.3, 0.4) is 0 Å². The zero-order valence-electron chi connectivity index (χ0n) is 28.6. The van der Waals surface area contributed by atoms with Crippen LogP contribution >= 0.6 is 0 Å². The molecule has 0 spiro atoms. The molecule has 1 heterocycles. The van der Waals surface area contributed by atoms with Gasteiger partial charge in [0.15, 0.2) is 0 Å². The highest BCUT2D eigenvalue weighted by atomic mass is 16.5. The molecule has 1 aromatic rings. The van der Waals surface area contributed by atoms with Gasteiger partial charge in [-0.25, -0.2) is 14.4 Å². The lowest BCUT2D eigenvalue weighted by molar-refractivity contribution is -0.147. The summed E-state index contributed by atoms with van der Waals surface area (Å²) in [6.07, 6.45) is 2.68. The van der Waals surface area contributed by atoms with Crippen molar-refractivity contribution >= 4 is 41.7 Å². The van der Waals surface area contributed by atoms with E-state index in [0.29, 0.717) is 19.3 Å². The molecule has 0 aromatic heterocycles. The lowest BCUT2D eigenvalue weighted by atomic mass is 10.0. The fraction of sp³-hybridized carbons (Fsp3) is 0.559. The Morgan fingerprint density at radius 3 is 2.31 bits per heavy atom. The number of alkyl carbamates (subject to hydrolysis) is 1. The topological polar surface area (TPSA) is 213 Å². The number of rotatable bonds is 19. The van der Waals surface area contributed by atoms with Gasteiger partial charge in [0.25, 0.3) is 0 Å². The highest BCUT2D eigenvalue weighted by Gasteiger charge is 2.39. The van der Waals surface area contributed by atoms with Crippen LogP contribution in [0.5, 0.6) is 0 Å². The van der Waals surface area contributed by atoms with E-state index in [2.05, 4.69) is 16.0 Å². The van der Waals surface area contributed by atoms with Crippen molar-refractivity contribution in [1.29, 1.82) is 0 Å². The van der Waals surface area contributed by atoms with Crippen LogP contribution in [0.1, 0.15) is 71.3 Å². The van der Waals surface area contributed by atoms with Crippen LogP contribution in [-0.2, 0) is 49.6 Å². The minimum Gasteiger partial charge on any atom is -0.467 e.